The predicted octanol–water partition coefficient (Wildman–Crippen LogP) is 3.38. The maximum Gasteiger partial charge on any atom is 0.159 e. The summed E-state index contributed by atoms with van der Waals surface area (Å²) in [6, 6.07) is 8.83. The van der Waals surface area contributed by atoms with Crippen molar-refractivity contribution in [2.24, 2.45) is 0 Å². The molecule has 0 fully saturated rings. The molecule has 5 heteroatoms. The molecule has 0 unspecified atom stereocenters. The predicted molar refractivity (Wildman–Crippen MR) is 59.4 cm³/mol. The van der Waals surface area contributed by atoms with Crippen LogP contribution in [0.25, 0.3) is 0 Å². The van der Waals surface area contributed by atoms with Crippen molar-refractivity contribution in [3.63, 3.8) is 0 Å². The number of aromatic nitrogens is 1. The van der Waals surface area contributed by atoms with Gasteiger partial charge in [-0.15, -0.1) is 0 Å². The second kappa shape index (κ2) is 4.93. The average molecular weight is 248 g/mol. The Kier molecular flexibility index (Phi) is 3.35. The first-order valence-corrected chi connectivity index (χ1v) is 5.50. The van der Waals surface area contributed by atoms with Crippen molar-refractivity contribution in [1.82, 2.24) is 4.98 Å². The molecule has 84 valence electrons. The molecular formula is C12H6F2N2S. The average Bonchev–Trinajstić information content (AvgIpc) is 2.34. The molecule has 1 heterocycles. The second-order valence-electron chi connectivity index (χ2n) is 3.15. The van der Waals surface area contributed by atoms with Crippen LogP contribution in [-0.2, 0) is 0 Å². The van der Waals surface area contributed by atoms with Crippen LogP contribution in [0.15, 0.2) is 46.5 Å². The van der Waals surface area contributed by atoms with Gasteiger partial charge in [-0.25, -0.2) is 13.8 Å². The van der Waals surface area contributed by atoms with Crippen molar-refractivity contribution in [2.45, 2.75) is 9.92 Å². The summed E-state index contributed by atoms with van der Waals surface area (Å²) < 4.78 is 25.7. The highest BCUT2D eigenvalue weighted by molar-refractivity contribution is 7.99. The standard InChI is InChI=1S/C12H6F2N2S/c13-10-4-3-9(6-11(10)14)17-12-8(7-15)2-1-5-16-12/h1-6H. The summed E-state index contributed by atoms with van der Waals surface area (Å²) in [5.74, 6) is -1.81. The first kappa shape index (κ1) is 11.6. The summed E-state index contributed by atoms with van der Waals surface area (Å²) in [4.78, 5) is 4.52. The largest absolute Gasteiger partial charge is 0.248 e. The van der Waals surface area contributed by atoms with E-state index in [4.69, 9.17) is 5.26 Å². The number of benzene rings is 1. The lowest BCUT2D eigenvalue weighted by Crippen LogP contribution is -1.87. The molecule has 1 aromatic heterocycles. The van der Waals surface area contributed by atoms with Crippen molar-refractivity contribution in [3.8, 4) is 6.07 Å². The Labute approximate surface area is 101 Å². The minimum atomic E-state index is -0.913. The molecule has 0 radical (unpaired) electrons. The number of hydrogen-bond donors (Lipinski definition) is 0. The van der Waals surface area contributed by atoms with Crippen LogP contribution in [0.3, 0.4) is 0 Å². The molecule has 0 aliphatic rings. The molecule has 0 atom stereocenters. The van der Waals surface area contributed by atoms with Gasteiger partial charge in [0, 0.05) is 11.1 Å². The number of hydrogen-bond acceptors (Lipinski definition) is 3. The van der Waals surface area contributed by atoms with Gasteiger partial charge in [0.05, 0.1) is 5.56 Å². The third-order valence-corrected chi connectivity index (χ3v) is 3.01. The molecular weight excluding hydrogens is 242 g/mol. The van der Waals surface area contributed by atoms with Crippen molar-refractivity contribution >= 4 is 11.8 Å². The Morgan fingerprint density at radius 1 is 1.18 bits per heavy atom. The summed E-state index contributed by atoms with van der Waals surface area (Å²) in [5.41, 5.74) is 0.405. The van der Waals surface area contributed by atoms with Gasteiger partial charge in [0.15, 0.2) is 11.6 Å². The van der Waals surface area contributed by atoms with Gasteiger partial charge >= 0.3 is 0 Å². The summed E-state index contributed by atoms with van der Waals surface area (Å²) in [6.45, 7) is 0. The molecule has 0 bridgehead atoms. The van der Waals surface area contributed by atoms with E-state index in [1.54, 1.807) is 18.3 Å². The van der Waals surface area contributed by atoms with E-state index in [9.17, 15) is 8.78 Å². The van der Waals surface area contributed by atoms with E-state index in [0.717, 1.165) is 23.9 Å². The zero-order valence-electron chi connectivity index (χ0n) is 8.52. The van der Waals surface area contributed by atoms with Crippen molar-refractivity contribution < 1.29 is 8.78 Å². The number of nitrogens with zero attached hydrogens (tertiary/aromatic N) is 2. The molecule has 2 aromatic rings. The summed E-state index contributed by atoms with van der Waals surface area (Å²) in [7, 11) is 0. The minimum absolute atomic E-state index is 0.405. The monoisotopic (exact) mass is 248 g/mol. The molecule has 0 saturated heterocycles. The highest BCUT2D eigenvalue weighted by atomic mass is 32.2. The zero-order chi connectivity index (χ0) is 12.3. The van der Waals surface area contributed by atoms with E-state index in [2.05, 4.69) is 4.98 Å². The molecule has 0 saturated carbocycles. The van der Waals surface area contributed by atoms with Gasteiger partial charge in [-0.1, -0.05) is 11.8 Å². The molecule has 0 aliphatic carbocycles. The van der Waals surface area contributed by atoms with Gasteiger partial charge in [0.2, 0.25) is 0 Å². The highest BCUT2D eigenvalue weighted by Crippen LogP contribution is 2.29. The van der Waals surface area contributed by atoms with Crippen LogP contribution in [0.1, 0.15) is 5.56 Å². The lowest BCUT2D eigenvalue weighted by molar-refractivity contribution is 0.506. The van der Waals surface area contributed by atoms with Crippen LogP contribution >= 0.6 is 11.8 Å². The van der Waals surface area contributed by atoms with E-state index in [1.165, 1.54) is 6.07 Å². The molecule has 2 nitrogen and oxygen atoms in total. The van der Waals surface area contributed by atoms with E-state index in [1.807, 2.05) is 6.07 Å². The summed E-state index contributed by atoms with van der Waals surface area (Å²) in [5, 5.41) is 9.33. The second-order valence-corrected chi connectivity index (χ2v) is 4.21. The fourth-order valence-corrected chi connectivity index (χ4v) is 2.07. The van der Waals surface area contributed by atoms with Crippen molar-refractivity contribution in [2.75, 3.05) is 0 Å². The van der Waals surface area contributed by atoms with Crippen molar-refractivity contribution in [3.05, 3.63) is 53.7 Å². The van der Waals surface area contributed by atoms with Crippen LogP contribution in [-0.4, -0.2) is 4.98 Å². The number of nitriles is 1. The number of rotatable bonds is 2. The van der Waals surface area contributed by atoms with Crippen LogP contribution < -0.4 is 0 Å². The van der Waals surface area contributed by atoms with E-state index < -0.39 is 11.6 Å². The quantitative estimate of drug-likeness (QED) is 0.817. The van der Waals surface area contributed by atoms with Crippen molar-refractivity contribution in [1.29, 1.82) is 5.26 Å². The van der Waals surface area contributed by atoms with Gasteiger partial charge in [0.1, 0.15) is 11.1 Å². The van der Waals surface area contributed by atoms with E-state index in [0.29, 0.717) is 15.5 Å². The first-order valence-electron chi connectivity index (χ1n) is 4.69. The van der Waals surface area contributed by atoms with Crippen LogP contribution in [0, 0.1) is 23.0 Å². The minimum Gasteiger partial charge on any atom is -0.248 e. The fraction of sp³-hybridized carbons (Fsp3) is 0. The smallest absolute Gasteiger partial charge is 0.159 e. The lowest BCUT2D eigenvalue weighted by atomic mass is 10.3. The third kappa shape index (κ3) is 2.60. The van der Waals surface area contributed by atoms with E-state index >= 15 is 0 Å². The Morgan fingerprint density at radius 3 is 2.71 bits per heavy atom. The Bertz CT molecular complexity index is 593. The summed E-state index contributed by atoms with van der Waals surface area (Å²) >= 11 is 1.12. The van der Waals surface area contributed by atoms with Crippen LogP contribution in [0.4, 0.5) is 8.78 Å². The Hall–Kier alpha value is -1.93. The molecule has 0 aliphatic heterocycles. The Morgan fingerprint density at radius 2 is 2.00 bits per heavy atom. The normalized spacial score (nSPS) is 9.94. The Balaban J connectivity index is 2.32. The van der Waals surface area contributed by atoms with E-state index in [-0.39, 0.29) is 0 Å². The summed E-state index contributed by atoms with van der Waals surface area (Å²) in [6.07, 6.45) is 1.54. The number of pyridine rings is 1. The highest BCUT2D eigenvalue weighted by Gasteiger charge is 2.07. The fourth-order valence-electron chi connectivity index (χ4n) is 1.21. The topological polar surface area (TPSA) is 36.7 Å². The first-order chi connectivity index (χ1) is 8.20. The molecule has 0 spiro atoms. The van der Waals surface area contributed by atoms with Crippen LogP contribution in [0.2, 0.25) is 0 Å². The third-order valence-electron chi connectivity index (χ3n) is 2.00. The van der Waals surface area contributed by atoms with Gasteiger partial charge < -0.3 is 0 Å². The maximum atomic E-state index is 13.0. The molecule has 2 rings (SSSR count). The van der Waals surface area contributed by atoms with Gasteiger partial charge in [-0.05, 0) is 30.3 Å². The number of halogens is 2. The molecule has 17 heavy (non-hydrogen) atoms. The molecule has 1 aromatic carbocycles. The van der Waals surface area contributed by atoms with Crippen LogP contribution in [0.5, 0.6) is 0 Å². The zero-order valence-corrected chi connectivity index (χ0v) is 9.34. The molecule has 0 N–H and O–H groups in total. The van der Waals surface area contributed by atoms with Gasteiger partial charge in [0.25, 0.3) is 0 Å². The maximum absolute atomic E-state index is 13.0. The lowest BCUT2D eigenvalue weighted by Gasteiger charge is -2.02. The van der Waals surface area contributed by atoms with Gasteiger partial charge in [-0.3, -0.25) is 0 Å². The van der Waals surface area contributed by atoms with Gasteiger partial charge in [-0.2, -0.15) is 5.26 Å². The molecule has 0 amide bonds. The SMILES string of the molecule is N#Cc1cccnc1Sc1ccc(F)c(F)c1.